The second kappa shape index (κ2) is 3.13. The fourth-order valence-corrected chi connectivity index (χ4v) is 1.86. The molecule has 11 heavy (non-hydrogen) atoms. The zero-order chi connectivity index (χ0) is 8.43. The highest BCUT2D eigenvalue weighted by molar-refractivity contribution is 7.06. The number of hydrogen-bond acceptors (Lipinski definition) is 3. The standard InChI is InChI=1S/C8H11NOS/c1-4-7-5(2)8(6(3)10)9-11-7/h4H2,1-3H3. The van der Waals surface area contributed by atoms with Crippen molar-refractivity contribution < 1.29 is 4.79 Å². The lowest BCUT2D eigenvalue weighted by Gasteiger charge is -1.91. The van der Waals surface area contributed by atoms with Crippen LogP contribution in [0.2, 0.25) is 0 Å². The molecular weight excluding hydrogens is 158 g/mol. The van der Waals surface area contributed by atoms with Gasteiger partial charge >= 0.3 is 0 Å². The molecule has 0 fully saturated rings. The molecule has 1 aromatic rings. The first-order chi connectivity index (χ1) is 5.16. The smallest absolute Gasteiger partial charge is 0.179 e. The third-order valence-corrected chi connectivity index (χ3v) is 2.76. The Morgan fingerprint density at radius 2 is 2.27 bits per heavy atom. The molecule has 0 aliphatic heterocycles. The zero-order valence-electron chi connectivity index (χ0n) is 6.97. The van der Waals surface area contributed by atoms with E-state index in [-0.39, 0.29) is 5.78 Å². The minimum Gasteiger partial charge on any atom is -0.293 e. The number of aromatic nitrogens is 1. The summed E-state index contributed by atoms with van der Waals surface area (Å²) in [7, 11) is 0. The zero-order valence-corrected chi connectivity index (χ0v) is 7.79. The Morgan fingerprint density at radius 3 is 2.55 bits per heavy atom. The predicted molar refractivity (Wildman–Crippen MR) is 46.2 cm³/mol. The molecule has 0 amide bonds. The highest BCUT2D eigenvalue weighted by atomic mass is 32.1. The second-order valence-electron chi connectivity index (χ2n) is 2.49. The van der Waals surface area contributed by atoms with Gasteiger partial charge in [0.2, 0.25) is 0 Å². The van der Waals surface area contributed by atoms with Gasteiger partial charge in [-0.1, -0.05) is 6.92 Å². The maximum Gasteiger partial charge on any atom is 0.179 e. The van der Waals surface area contributed by atoms with E-state index in [0.29, 0.717) is 5.69 Å². The van der Waals surface area contributed by atoms with Gasteiger partial charge in [0, 0.05) is 11.8 Å². The van der Waals surface area contributed by atoms with Crippen LogP contribution in [0.5, 0.6) is 0 Å². The van der Waals surface area contributed by atoms with Crippen molar-refractivity contribution >= 4 is 17.3 Å². The van der Waals surface area contributed by atoms with Gasteiger partial charge in [-0.2, -0.15) is 4.37 Å². The Bertz CT molecular complexity index is 278. The predicted octanol–water partition coefficient (Wildman–Crippen LogP) is 2.22. The summed E-state index contributed by atoms with van der Waals surface area (Å²) in [5.74, 6) is 0.0680. The van der Waals surface area contributed by atoms with Crippen LogP contribution in [-0.2, 0) is 6.42 Å². The molecule has 0 saturated heterocycles. The Hall–Kier alpha value is -0.700. The molecule has 2 nitrogen and oxygen atoms in total. The van der Waals surface area contributed by atoms with Gasteiger partial charge in [-0.15, -0.1) is 0 Å². The van der Waals surface area contributed by atoms with Gasteiger partial charge in [0.15, 0.2) is 5.78 Å². The number of carbonyl (C=O) groups is 1. The number of carbonyl (C=O) groups excluding carboxylic acids is 1. The number of hydrogen-bond donors (Lipinski definition) is 0. The van der Waals surface area contributed by atoms with E-state index in [1.165, 1.54) is 16.4 Å². The lowest BCUT2D eigenvalue weighted by Crippen LogP contribution is -1.94. The average Bonchev–Trinajstić information content (AvgIpc) is 2.30. The van der Waals surface area contributed by atoms with Crippen LogP contribution in [-0.4, -0.2) is 10.2 Å². The van der Waals surface area contributed by atoms with E-state index >= 15 is 0 Å². The quantitative estimate of drug-likeness (QED) is 0.635. The number of nitrogens with zero attached hydrogens (tertiary/aromatic N) is 1. The molecule has 1 aromatic heterocycles. The molecular formula is C8H11NOS. The molecule has 0 aromatic carbocycles. The van der Waals surface area contributed by atoms with Crippen molar-refractivity contribution in [1.29, 1.82) is 0 Å². The SMILES string of the molecule is CCc1snc(C(C)=O)c1C. The second-order valence-corrected chi connectivity index (χ2v) is 3.35. The topological polar surface area (TPSA) is 30.0 Å². The van der Waals surface area contributed by atoms with Gasteiger partial charge in [-0.3, -0.25) is 4.79 Å². The van der Waals surface area contributed by atoms with Crippen molar-refractivity contribution in [3.63, 3.8) is 0 Å². The van der Waals surface area contributed by atoms with Gasteiger partial charge in [0.1, 0.15) is 5.69 Å². The first kappa shape index (κ1) is 8.40. The van der Waals surface area contributed by atoms with Crippen LogP contribution in [0.3, 0.4) is 0 Å². The summed E-state index contributed by atoms with van der Waals surface area (Å²) in [6.07, 6.45) is 0.969. The van der Waals surface area contributed by atoms with Gasteiger partial charge in [0.25, 0.3) is 0 Å². The van der Waals surface area contributed by atoms with Crippen LogP contribution in [0.25, 0.3) is 0 Å². The van der Waals surface area contributed by atoms with Crippen molar-refractivity contribution in [2.24, 2.45) is 0 Å². The molecule has 0 radical (unpaired) electrons. The Balaban J connectivity index is 3.10. The summed E-state index contributed by atoms with van der Waals surface area (Å²) in [6, 6.07) is 0. The largest absolute Gasteiger partial charge is 0.293 e. The van der Waals surface area contributed by atoms with Crippen molar-refractivity contribution in [2.75, 3.05) is 0 Å². The van der Waals surface area contributed by atoms with Crippen molar-refractivity contribution in [3.8, 4) is 0 Å². The highest BCUT2D eigenvalue weighted by Crippen LogP contribution is 2.18. The van der Waals surface area contributed by atoms with Crippen LogP contribution < -0.4 is 0 Å². The summed E-state index contributed by atoms with van der Waals surface area (Å²) in [5.41, 5.74) is 1.71. The summed E-state index contributed by atoms with van der Waals surface area (Å²) in [5, 5.41) is 0. The number of aryl methyl sites for hydroxylation is 1. The first-order valence-corrected chi connectivity index (χ1v) is 4.40. The molecule has 0 aliphatic carbocycles. The van der Waals surface area contributed by atoms with E-state index in [9.17, 15) is 4.79 Å². The van der Waals surface area contributed by atoms with Gasteiger partial charge in [0.05, 0.1) is 0 Å². The summed E-state index contributed by atoms with van der Waals surface area (Å²) in [4.78, 5) is 12.2. The minimum absolute atomic E-state index is 0.0680. The summed E-state index contributed by atoms with van der Waals surface area (Å²) < 4.78 is 4.08. The third kappa shape index (κ3) is 1.48. The summed E-state index contributed by atoms with van der Waals surface area (Å²) in [6.45, 7) is 5.59. The van der Waals surface area contributed by atoms with E-state index in [4.69, 9.17) is 0 Å². The third-order valence-electron chi connectivity index (χ3n) is 1.68. The lowest BCUT2D eigenvalue weighted by molar-refractivity contribution is 0.101. The van der Waals surface area contributed by atoms with E-state index in [1.807, 2.05) is 6.92 Å². The van der Waals surface area contributed by atoms with E-state index < -0.39 is 0 Å². The van der Waals surface area contributed by atoms with Crippen LogP contribution in [0, 0.1) is 6.92 Å². The Morgan fingerprint density at radius 1 is 1.64 bits per heavy atom. The lowest BCUT2D eigenvalue weighted by atomic mass is 10.1. The van der Waals surface area contributed by atoms with Crippen LogP contribution in [0.4, 0.5) is 0 Å². The molecule has 0 atom stereocenters. The maximum atomic E-state index is 10.9. The van der Waals surface area contributed by atoms with Crippen molar-refractivity contribution in [3.05, 3.63) is 16.1 Å². The van der Waals surface area contributed by atoms with Crippen molar-refractivity contribution in [2.45, 2.75) is 27.2 Å². The maximum absolute atomic E-state index is 10.9. The van der Waals surface area contributed by atoms with Crippen LogP contribution in [0.15, 0.2) is 0 Å². The number of Topliss-reactive ketones (excluding diaryl/α,β-unsaturated/α-hetero) is 1. The Kier molecular flexibility index (Phi) is 2.39. The monoisotopic (exact) mass is 169 g/mol. The molecule has 0 spiro atoms. The van der Waals surface area contributed by atoms with E-state index in [0.717, 1.165) is 12.0 Å². The summed E-state index contributed by atoms with van der Waals surface area (Å²) >= 11 is 1.43. The first-order valence-electron chi connectivity index (χ1n) is 3.63. The molecule has 3 heteroatoms. The van der Waals surface area contributed by atoms with E-state index in [2.05, 4.69) is 11.3 Å². The molecule has 0 bridgehead atoms. The molecule has 0 unspecified atom stereocenters. The molecule has 1 rings (SSSR count). The fraction of sp³-hybridized carbons (Fsp3) is 0.500. The molecule has 1 heterocycles. The van der Waals surface area contributed by atoms with Gasteiger partial charge in [-0.05, 0) is 30.4 Å². The van der Waals surface area contributed by atoms with Crippen LogP contribution >= 0.6 is 11.5 Å². The average molecular weight is 169 g/mol. The Labute approximate surface area is 70.4 Å². The van der Waals surface area contributed by atoms with E-state index in [1.54, 1.807) is 6.92 Å². The molecule has 0 N–H and O–H groups in total. The minimum atomic E-state index is 0.0680. The highest BCUT2D eigenvalue weighted by Gasteiger charge is 2.10. The normalized spacial score (nSPS) is 10.1. The molecule has 0 saturated carbocycles. The van der Waals surface area contributed by atoms with Gasteiger partial charge in [-0.25, -0.2) is 0 Å². The number of ketones is 1. The number of rotatable bonds is 2. The fourth-order valence-electron chi connectivity index (χ4n) is 1.03. The van der Waals surface area contributed by atoms with Crippen LogP contribution in [0.1, 0.15) is 34.8 Å². The van der Waals surface area contributed by atoms with Crippen molar-refractivity contribution in [1.82, 2.24) is 4.37 Å². The molecule has 60 valence electrons. The molecule has 0 aliphatic rings. The van der Waals surface area contributed by atoms with Gasteiger partial charge < -0.3 is 0 Å².